The van der Waals surface area contributed by atoms with E-state index in [9.17, 15) is 9.59 Å². The highest BCUT2D eigenvalue weighted by Crippen LogP contribution is 2.22. The summed E-state index contributed by atoms with van der Waals surface area (Å²) < 4.78 is 0. The fourth-order valence-corrected chi connectivity index (χ4v) is 4.43. The van der Waals surface area contributed by atoms with Gasteiger partial charge in [-0.15, -0.1) is 6.42 Å². The molecule has 0 spiro atoms. The SMILES string of the molecule is C#CCN1CC(NC(=O)c2ccc(Cc3cc(C)nc4ccccc34)cc2)[C@@H](C(=O)NO)C1. The second-order valence-electron chi connectivity index (χ2n) is 8.37. The second-order valence-corrected chi connectivity index (χ2v) is 8.37. The molecule has 0 bridgehead atoms. The number of amides is 2. The number of pyridine rings is 1. The summed E-state index contributed by atoms with van der Waals surface area (Å²) in [4.78, 5) is 31.4. The lowest BCUT2D eigenvalue weighted by molar-refractivity contribution is -0.133. The zero-order valence-electron chi connectivity index (χ0n) is 18.4. The van der Waals surface area contributed by atoms with Gasteiger partial charge in [-0.2, -0.15) is 0 Å². The number of nitrogens with zero attached hydrogens (tertiary/aromatic N) is 2. The molecule has 0 saturated carbocycles. The Morgan fingerprint density at radius 2 is 1.94 bits per heavy atom. The predicted octanol–water partition coefficient (Wildman–Crippen LogP) is 2.30. The Labute approximate surface area is 192 Å². The Morgan fingerprint density at radius 3 is 2.67 bits per heavy atom. The third-order valence-corrected chi connectivity index (χ3v) is 6.01. The number of benzene rings is 2. The monoisotopic (exact) mass is 442 g/mol. The van der Waals surface area contributed by atoms with Crippen LogP contribution in [0.2, 0.25) is 0 Å². The number of carbonyl (C=O) groups is 2. The highest BCUT2D eigenvalue weighted by atomic mass is 16.5. The zero-order valence-corrected chi connectivity index (χ0v) is 18.4. The van der Waals surface area contributed by atoms with Gasteiger partial charge in [0.1, 0.15) is 0 Å². The Hall–Kier alpha value is -3.73. The summed E-state index contributed by atoms with van der Waals surface area (Å²) in [6.45, 7) is 3.18. The van der Waals surface area contributed by atoms with Gasteiger partial charge in [0, 0.05) is 29.7 Å². The zero-order chi connectivity index (χ0) is 23.4. The second kappa shape index (κ2) is 9.82. The molecular formula is C26H26N4O3. The van der Waals surface area contributed by atoms with Crippen molar-refractivity contribution >= 4 is 22.7 Å². The average Bonchev–Trinajstić information content (AvgIpc) is 3.21. The van der Waals surface area contributed by atoms with Gasteiger partial charge in [0.2, 0.25) is 5.91 Å². The molecule has 3 aromatic rings. The molecule has 2 heterocycles. The van der Waals surface area contributed by atoms with Crippen LogP contribution in [0.5, 0.6) is 0 Å². The molecule has 1 fully saturated rings. The highest BCUT2D eigenvalue weighted by Gasteiger charge is 2.38. The van der Waals surface area contributed by atoms with Crippen LogP contribution in [0.3, 0.4) is 0 Å². The third kappa shape index (κ3) is 5.03. The van der Waals surface area contributed by atoms with Crippen LogP contribution in [0.15, 0.2) is 54.6 Å². The first-order valence-electron chi connectivity index (χ1n) is 10.8. The summed E-state index contributed by atoms with van der Waals surface area (Å²) in [5, 5.41) is 13.1. The molecular weight excluding hydrogens is 416 g/mol. The van der Waals surface area contributed by atoms with E-state index in [1.807, 2.05) is 42.2 Å². The van der Waals surface area contributed by atoms with Crippen LogP contribution in [-0.2, 0) is 11.2 Å². The van der Waals surface area contributed by atoms with E-state index in [-0.39, 0.29) is 5.91 Å². The molecule has 33 heavy (non-hydrogen) atoms. The van der Waals surface area contributed by atoms with E-state index < -0.39 is 17.9 Å². The number of carbonyl (C=O) groups excluding carboxylic acids is 2. The number of aryl methyl sites for hydroxylation is 1. The van der Waals surface area contributed by atoms with Crippen LogP contribution < -0.4 is 10.8 Å². The van der Waals surface area contributed by atoms with E-state index in [0.717, 1.165) is 28.6 Å². The lowest BCUT2D eigenvalue weighted by Crippen LogP contribution is -2.45. The fraction of sp³-hybridized carbons (Fsp3) is 0.269. The molecule has 1 saturated heterocycles. The number of hydrogen-bond donors (Lipinski definition) is 3. The van der Waals surface area contributed by atoms with E-state index in [0.29, 0.717) is 25.2 Å². The molecule has 3 N–H and O–H groups in total. The first-order valence-corrected chi connectivity index (χ1v) is 10.8. The lowest BCUT2D eigenvalue weighted by Gasteiger charge is -2.18. The van der Waals surface area contributed by atoms with Crippen molar-refractivity contribution in [2.75, 3.05) is 19.6 Å². The number of fused-ring (bicyclic) bond motifs is 1. The van der Waals surface area contributed by atoms with Crippen molar-refractivity contribution in [1.82, 2.24) is 20.7 Å². The predicted molar refractivity (Wildman–Crippen MR) is 126 cm³/mol. The Balaban J connectivity index is 1.47. The maximum absolute atomic E-state index is 12.8. The number of rotatable bonds is 6. The topological polar surface area (TPSA) is 94.6 Å². The minimum atomic E-state index is -0.574. The molecule has 2 amide bonds. The minimum Gasteiger partial charge on any atom is -0.347 e. The summed E-state index contributed by atoms with van der Waals surface area (Å²) in [5.41, 5.74) is 6.41. The summed E-state index contributed by atoms with van der Waals surface area (Å²) in [6.07, 6.45) is 6.11. The Kier molecular flexibility index (Phi) is 6.68. The lowest BCUT2D eigenvalue weighted by atomic mass is 9.99. The minimum absolute atomic E-state index is 0.268. The normalized spacial score (nSPS) is 18.1. The molecule has 7 nitrogen and oxygen atoms in total. The standard InChI is InChI=1S/C26H26N4O3/c1-3-12-30-15-22(26(32)29-33)24(16-30)28-25(31)19-10-8-18(9-11-19)14-20-13-17(2)27-23-7-5-4-6-21(20)23/h1,4-11,13,22,24,33H,12,14-16H2,2H3,(H,28,31)(H,29,32)/t22-,24?/m0/s1. The Morgan fingerprint density at radius 1 is 1.18 bits per heavy atom. The van der Waals surface area contributed by atoms with Crippen LogP contribution in [0.1, 0.15) is 27.2 Å². The van der Waals surface area contributed by atoms with Gasteiger partial charge in [0.05, 0.1) is 24.0 Å². The number of hydroxylamine groups is 1. The van der Waals surface area contributed by atoms with E-state index in [1.54, 1.807) is 17.6 Å². The number of aromatic nitrogens is 1. The molecule has 2 aromatic carbocycles. The van der Waals surface area contributed by atoms with Crippen LogP contribution in [0.4, 0.5) is 0 Å². The summed E-state index contributed by atoms with van der Waals surface area (Å²) in [5.74, 6) is 1.17. The van der Waals surface area contributed by atoms with Gasteiger partial charge >= 0.3 is 0 Å². The molecule has 2 atom stereocenters. The molecule has 168 valence electrons. The summed E-state index contributed by atoms with van der Waals surface area (Å²) >= 11 is 0. The van der Waals surface area contributed by atoms with Gasteiger partial charge in [0.25, 0.3) is 5.91 Å². The largest absolute Gasteiger partial charge is 0.347 e. The molecule has 0 aliphatic carbocycles. The highest BCUT2D eigenvalue weighted by molar-refractivity contribution is 5.95. The van der Waals surface area contributed by atoms with Crippen molar-refractivity contribution in [2.24, 2.45) is 5.92 Å². The van der Waals surface area contributed by atoms with Gasteiger partial charge in [-0.3, -0.25) is 24.7 Å². The molecule has 1 aliphatic rings. The van der Waals surface area contributed by atoms with Crippen LogP contribution in [0, 0.1) is 25.2 Å². The van der Waals surface area contributed by atoms with Gasteiger partial charge in [-0.1, -0.05) is 36.3 Å². The van der Waals surface area contributed by atoms with Gasteiger partial charge in [0.15, 0.2) is 0 Å². The molecule has 4 rings (SSSR count). The van der Waals surface area contributed by atoms with Crippen molar-refractivity contribution in [3.63, 3.8) is 0 Å². The molecule has 1 aromatic heterocycles. The van der Waals surface area contributed by atoms with Gasteiger partial charge in [-0.05, 0) is 48.7 Å². The molecule has 7 heteroatoms. The van der Waals surface area contributed by atoms with E-state index in [4.69, 9.17) is 11.6 Å². The number of likely N-dealkylation sites (tertiary alicyclic amines) is 1. The number of nitrogens with one attached hydrogen (secondary N) is 2. The van der Waals surface area contributed by atoms with E-state index in [2.05, 4.69) is 28.4 Å². The Bertz CT molecular complexity index is 1220. The average molecular weight is 443 g/mol. The molecule has 1 aliphatic heterocycles. The summed E-state index contributed by atoms with van der Waals surface area (Å²) in [7, 11) is 0. The van der Waals surface area contributed by atoms with Crippen LogP contribution in [0.25, 0.3) is 10.9 Å². The first kappa shape index (κ1) is 22.5. The number of para-hydroxylation sites is 1. The van der Waals surface area contributed by atoms with Crippen LogP contribution in [-0.4, -0.2) is 52.6 Å². The maximum atomic E-state index is 12.8. The smallest absolute Gasteiger partial charge is 0.251 e. The van der Waals surface area contributed by atoms with Crippen molar-refractivity contribution in [3.05, 3.63) is 77.0 Å². The number of terminal acetylenes is 1. The van der Waals surface area contributed by atoms with E-state index in [1.165, 1.54) is 5.56 Å². The number of hydrogen-bond acceptors (Lipinski definition) is 5. The van der Waals surface area contributed by atoms with Crippen molar-refractivity contribution < 1.29 is 14.8 Å². The van der Waals surface area contributed by atoms with E-state index >= 15 is 0 Å². The fourth-order valence-electron chi connectivity index (χ4n) is 4.43. The van der Waals surface area contributed by atoms with Crippen molar-refractivity contribution in [2.45, 2.75) is 19.4 Å². The first-order chi connectivity index (χ1) is 16.0. The quantitative estimate of drug-likeness (QED) is 0.309. The van der Waals surface area contributed by atoms with Crippen molar-refractivity contribution in [3.8, 4) is 12.3 Å². The molecule has 0 radical (unpaired) electrons. The van der Waals surface area contributed by atoms with Crippen molar-refractivity contribution in [1.29, 1.82) is 0 Å². The maximum Gasteiger partial charge on any atom is 0.251 e. The third-order valence-electron chi connectivity index (χ3n) is 6.01. The molecule has 1 unspecified atom stereocenters. The van der Waals surface area contributed by atoms with Gasteiger partial charge in [-0.25, -0.2) is 5.48 Å². The van der Waals surface area contributed by atoms with Crippen LogP contribution >= 0.6 is 0 Å². The van der Waals surface area contributed by atoms with Gasteiger partial charge < -0.3 is 5.32 Å². The summed E-state index contributed by atoms with van der Waals surface area (Å²) in [6, 6.07) is 17.2.